The van der Waals surface area contributed by atoms with Crippen LogP contribution in [0.25, 0.3) is 0 Å². The summed E-state index contributed by atoms with van der Waals surface area (Å²) in [4.78, 5) is 36.6. The van der Waals surface area contributed by atoms with Crippen molar-refractivity contribution < 1.29 is 19.6 Å². The maximum atomic E-state index is 12.6. The molecule has 0 bridgehead atoms. The van der Waals surface area contributed by atoms with Crippen molar-refractivity contribution in [3.63, 3.8) is 0 Å². The third-order valence-corrected chi connectivity index (χ3v) is 4.61. The second kappa shape index (κ2) is 7.45. The zero-order valence-corrected chi connectivity index (χ0v) is 14.8. The molecule has 140 valence electrons. The van der Waals surface area contributed by atoms with Crippen LogP contribution in [0.2, 0.25) is 0 Å². The maximum Gasteiger partial charge on any atom is 0.335 e. The van der Waals surface area contributed by atoms with Crippen molar-refractivity contribution in [2.75, 3.05) is 23.3 Å². The number of carbonyl (C=O) groups is 2. The maximum absolute atomic E-state index is 12.6. The van der Waals surface area contributed by atoms with Crippen molar-refractivity contribution in [3.05, 3.63) is 63.2 Å². The Labute approximate surface area is 155 Å². The third-order valence-electron chi connectivity index (χ3n) is 4.61. The highest BCUT2D eigenvalue weighted by atomic mass is 16.6. The summed E-state index contributed by atoms with van der Waals surface area (Å²) in [5.74, 6) is -1.63. The molecular formula is C19H19N3O5. The summed E-state index contributed by atoms with van der Waals surface area (Å²) in [6.07, 6.45) is 1.97. The standard InChI is InChI=1S/C19H19N3O5/c1-12-4-5-14(19(24)25)10-15(12)20-18(23)13-6-7-16(17(11-13)22(26)27)21-8-2-3-9-21/h4-7,10-11H,2-3,8-9H2,1H3,(H,20,23)(H,24,25). The van der Waals surface area contributed by atoms with Crippen LogP contribution in [-0.2, 0) is 0 Å². The number of hydrogen-bond donors (Lipinski definition) is 2. The fourth-order valence-electron chi connectivity index (χ4n) is 3.12. The van der Waals surface area contributed by atoms with Crippen LogP contribution in [0.4, 0.5) is 17.1 Å². The minimum absolute atomic E-state index is 0.0475. The van der Waals surface area contributed by atoms with Gasteiger partial charge in [-0.15, -0.1) is 0 Å². The van der Waals surface area contributed by atoms with Gasteiger partial charge in [0, 0.05) is 30.4 Å². The van der Waals surface area contributed by atoms with Crippen molar-refractivity contribution in [1.82, 2.24) is 0 Å². The van der Waals surface area contributed by atoms with E-state index in [0.29, 0.717) is 16.9 Å². The Morgan fingerprint density at radius 2 is 1.78 bits per heavy atom. The van der Waals surface area contributed by atoms with E-state index in [0.717, 1.165) is 25.9 Å². The molecule has 1 amide bonds. The number of nitro benzene ring substituents is 1. The van der Waals surface area contributed by atoms with Gasteiger partial charge >= 0.3 is 5.97 Å². The van der Waals surface area contributed by atoms with E-state index in [9.17, 15) is 19.7 Å². The first-order valence-corrected chi connectivity index (χ1v) is 8.55. The third kappa shape index (κ3) is 3.89. The first-order chi connectivity index (χ1) is 12.9. The van der Waals surface area contributed by atoms with E-state index >= 15 is 0 Å². The quantitative estimate of drug-likeness (QED) is 0.616. The number of carbonyl (C=O) groups excluding carboxylic acids is 1. The Hall–Kier alpha value is -3.42. The van der Waals surface area contributed by atoms with E-state index in [1.807, 2.05) is 4.90 Å². The first kappa shape index (κ1) is 18.4. The molecule has 0 aromatic heterocycles. The number of carboxylic acid groups (broad SMARTS) is 1. The van der Waals surface area contributed by atoms with Crippen LogP contribution in [0.5, 0.6) is 0 Å². The van der Waals surface area contributed by atoms with Crippen LogP contribution in [0.3, 0.4) is 0 Å². The fourth-order valence-corrected chi connectivity index (χ4v) is 3.12. The molecule has 3 rings (SSSR count). The number of amides is 1. The van der Waals surface area contributed by atoms with Crippen molar-refractivity contribution in [2.24, 2.45) is 0 Å². The second-order valence-corrected chi connectivity index (χ2v) is 6.44. The summed E-state index contributed by atoms with van der Waals surface area (Å²) >= 11 is 0. The van der Waals surface area contributed by atoms with Gasteiger partial charge in [-0.3, -0.25) is 14.9 Å². The van der Waals surface area contributed by atoms with Gasteiger partial charge in [-0.05, 0) is 49.6 Å². The van der Waals surface area contributed by atoms with Crippen molar-refractivity contribution in [1.29, 1.82) is 0 Å². The Kier molecular flexibility index (Phi) is 5.07. The Morgan fingerprint density at radius 3 is 2.41 bits per heavy atom. The molecule has 1 heterocycles. The average molecular weight is 369 g/mol. The van der Waals surface area contributed by atoms with E-state index in [-0.39, 0.29) is 16.8 Å². The van der Waals surface area contributed by atoms with Crippen LogP contribution in [0.15, 0.2) is 36.4 Å². The van der Waals surface area contributed by atoms with Gasteiger partial charge in [0.2, 0.25) is 0 Å². The number of aryl methyl sites for hydroxylation is 1. The van der Waals surface area contributed by atoms with E-state index in [4.69, 9.17) is 5.11 Å². The summed E-state index contributed by atoms with van der Waals surface area (Å²) in [6.45, 7) is 3.25. The Morgan fingerprint density at radius 1 is 1.11 bits per heavy atom. The number of nitro groups is 1. The molecule has 0 atom stereocenters. The normalized spacial score (nSPS) is 13.4. The summed E-state index contributed by atoms with van der Waals surface area (Å²) in [5.41, 5.74) is 1.64. The highest BCUT2D eigenvalue weighted by Gasteiger charge is 2.24. The number of anilines is 2. The van der Waals surface area contributed by atoms with Crippen LogP contribution >= 0.6 is 0 Å². The van der Waals surface area contributed by atoms with Gasteiger partial charge in [0.05, 0.1) is 10.5 Å². The molecule has 0 unspecified atom stereocenters. The fraction of sp³-hybridized carbons (Fsp3) is 0.263. The highest BCUT2D eigenvalue weighted by Crippen LogP contribution is 2.32. The predicted octanol–water partition coefficient (Wildman–Crippen LogP) is 3.45. The number of benzene rings is 2. The topological polar surface area (TPSA) is 113 Å². The average Bonchev–Trinajstić information content (AvgIpc) is 3.17. The summed E-state index contributed by atoms with van der Waals surface area (Å²) < 4.78 is 0. The van der Waals surface area contributed by atoms with E-state index in [1.54, 1.807) is 25.1 Å². The van der Waals surface area contributed by atoms with Crippen LogP contribution in [0, 0.1) is 17.0 Å². The number of rotatable bonds is 5. The number of nitrogens with zero attached hydrogens (tertiary/aromatic N) is 2. The summed E-state index contributed by atoms with van der Waals surface area (Å²) in [7, 11) is 0. The SMILES string of the molecule is Cc1ccc(C(=O)O)cc1NC(=O)c1ccc(N2CCCC2)c([N+](=O)[O-])c1. The Balaban J connectivity index is 1.89. The molecule has 8 heteroatoms. The molecule has 0 spiro atoms. The zero-order chi connectivity index (χ0) is 19.6. The lowest BCUT2D eigenvalue weighted by atomic mass is 10.1. The molecule has 8 nitrogen and oxygen atoms in total. The minimum atomic E-state index is -1.10. The Bertz CT molecular complexity index is 920. The van der Waals surface area contributed by atoms with Crippen LogP contribution < -0.4 is 10.2 Å². The molecule has 2 N–H and O–H groups in total. The molecule has 27 heavy (non-hydrogen) atoms. The van der Waals surface area contributed by atoms with Gasteiger partial charge in [0.25, 0.3) is 11.6 Å². The van der Waals surface area contributed by atoms with Gasteiger partial charge in [-0.2, -0.15) is 0 Å². The van der Waals surface area contributed by atoms with E-state index in [1.165, 1.54) is 18.2 Å². The first-order valence-electron chi connectivity index (χ1n) is 8.55. The lowest BCUT2D eigenvalue weighted by molar-refractivity contribution is -0.384. The number of nitrogens with one attached hydrogen (secondary N) is 1. The second-order valence-electron chi connectivity index (χ2n) is 6.44. The van der Waals surface area contributed by atoms with Gasteiger partial charge in [0.1, 0.15) is 5.69 Å². The van der Waals surface area contributed by atoms with Gasteiger partial charge in [-0.1, -0.05) is 6.07 Å². The summed E-state index contributed by atoms with van der Waals surface area (Å²) in [5, 5.41) is 23.2. The molecule has 1 fully saturated rings. The molecule has 1 saturated heterocycles. The van der Waals surface area contributed by atoms with Crippen LogP contribution in [-0.4, -0.2) is 35.0 Å². The molecule has 0 radical (unpaired) electrons. The lowest BCUT2D eigenvalue weighted by Crippen LogP contribution is -2.20. The largest absolute Gasteiger partial charge is 0.478 e. The number of carboxylic acids is 1. The van der Waals surface area contributed by atoms with Crippen molar-refractivity contribution in [2.45, 2.75) is 19.8 Å². The minimum Gasteiger partial charge on any atom is -0.478 e. The monoisotopic (exact) mass is 369 g/mol. The molecule has 0 saturated carbocycles. The number of hydrogen-bond acceptors (Lipinski definition) is 5. The van der Waals surface area contributed by atoms with Gasteiger partial charge < -0.3 is 15.3 Å². The van der Waals surface area contributed by atoms with Crippen molar-refractivity contribution >= 4 is 28.9 Å². The van der Waals surface area contributed by atoms with E-state index < -0.39 is 16.8 Å². The molecule has 2 aromatic carbocycles. The van der Waals surface area contributed by atoms with Gasteiger partial charge in [-0.25, -0.2) is 4.79 Å². The van der Waals surface area contributed by atoms with Gasteiger partial charge in [0.15, 0.2) is 0 Å². The molecule has 2 aromatic rings. The van der Waals surface area contributed by atoms with Crippen molar-refractivity contribution in [3.8, 4) is 0 Å². The molecular weight excluding hydrogens is 350 g/mol. The van der Waals surface area contributed by atoms with E-state index in [2.05, 4.69) is 5.32 Å². The summed E-state index contributed by atoms with van der Waals surface area (Å²) in [6, 6.07) is 8.81. The predicted molar refractivity (Wildman–Crippen MR) is 101 cm³/mol. The molecule has 1 aliphatic heterocycles. The lowest BCUT2D eigenvalue weighted by Gasteiger charge is -2.18. The smallest absolute Gasteiger partial charge is 0.335 e. The van der Waals surface area contributed by atoms with Crippen LogP contribution in [0.1, 0.15) is 39.1 Å². The highest BCUT2D eigenvalue weighted by molar-refractivity contribution is 6.06. The number of aromatic carboxylic acids is 1. The molecule has 0 aliphatic carbocycles. The molecule has 1 aliphatic rings. The zero-order valence-electron chi connectivity index (χ0n) is 14.8.